The van der Waals surface area contributed by atoms with E-state index in [1.807, 2.05) is 0 Å². The Morgan fingerprint density at radius 3 is 2.64 bits per heavy atom. The quantitative estimate of drug-likeness (QED) is 0.825. The largest absolute Gasteiger partial charge is 0.325 e. The SMILES string of the molecule is CS(=O)(=O)c1ccc(NC(=O)CCC2CCCN2)cn1.Cl.Cl. The van der Waals surface area contributed by atoms with Crippen LogP contribution in [0.25, 0.3) is 0 Å². The van der Waals surface area contributed by atoms with Crippen LogP contribution in [0.4, 0.5) is 5.69 Å². The highest BCUT2D eigenvalue weighted by Gasteiger charge is 2.15. The number of anilines is 1. The molecule has 0 aromatic carbocycles. The Kier molecular flexibility index (Phi) is 8.92. The minimum atomic E-state index is -3.30. The zero-order valence-corrected chi connectivity index (χ0v) is 14.7. The zero-order valence-electron chi connectivity index (χ0n) is 12.2. The van der Waals surface area contributed by atoms with Crippen LogP contribution in [0.1, 0.15) is 25.7 Å². The standard InChI is InChI=1S/C13H19N3O3S.2ClH/c1-20(18,19)13-7-5-11(9-15-13)16-12(17)6-4-10-3-2-8-14-10;;/h5,7,9-10,14H,2-4,6,8H2,1H3,(H,16,17);2*1H. The van der Waals surface area contributed by atoms with E-state index in [1.54, 1.807) is 6.07 Å². The van der Waals surface area contributed by atoms with E-state index in [4.69, 9.17) is 0 Å². The van der Waals surface area contributed by atoms with Crippen molar-refractivity contribution < 1.29 is 13.2 Å². The molecule has 22 heavy (non-hydrogen) atoms. The number of amides is 1. The summed E-state index contributed by atoms with van der Waals surface area (Å²) in [4.78, 5) is 15.6. The van der Waals surface area contributed by atoms with Gasteiger partial charge in [-0.1, -0.05) is 0 Å². The van der Waals surface area contributed by atoms with E-state index in [0.717, 1.165) is 25.6 Å². The van der Waals surface area contributed by atoms with Crippen molar-refractivity contribution in [3.05, 3.63) is 18.3 Å². The summed E-state index contributed by atoms with van der Waals surface area (Å²) in [6, 6.07) is 3.38. The molecule has 0 radical (unpaired) electrons. The van der Waals surface area contributed by atoms with Gasteiger partial charge in [-0.15, -0.1) is 24.8 Å². The van der Waals surface area contributed by atoms with Crippen LogP contribution < -0.4 is 10.6 Å². The molecule has 1 saturated heterocycles. The smallest absolute Gasteiger partial charge is 0.224 e. The highest BCUT2D eigenvalue weighted by molar-refractivity contribution is 7.90. The maximum absolute atomic E-state index is 11.8. The Hall–Kier alpha value is -0.890. The number of sulfone groups is 1. The predicted molar refractivity (Wildman–Crippen MR) is 90.7 cm³/mol. The summed E-state index contributed by atoms with van der Waals surface area (Å²) in [6.07, 6.45) is 6.03. The molecule has 1 aliphatic heterocycles. The molecule has 0 aliphatic carbocycles. The Balaban J connectivity index is 0.00000220. The minimum Gasteiger partial charge on any atom is -0.325 e. The van der Waals surface area contributed by atoms with Gasteiger partial charge in [-0.05, 0) is 37.9 Å². The third-order valence-corrected chi connectivity index (χ3v) is 4.28. The van der Waals surface area contributed by atoms with Gasteiger partial charge in [-0.2, -0.15) is 0 Å². The van der Waals surface area contributed by atoms with Crippen molar-refractivity contribution in [2.45, 2.75) is 36.8 Å². The van der Waals surface area contributed by atoms with Crippen molar-refractivity contribution in [3.8, 4) is 0 Å². The third-order valence-electron chi connectivity index (χ3n) is 3.28. The molecule has 1 atom stereocenters. The normalized spacial score (nSPS) is 17.2. The Morgan fingerprint density at radius 2 is 2.14 bits per heavy atom. The Morgan fingerprint density at radius 1 is 1.41 bits per heavy atom. The first-order chi connectivity index (χ1) is 9.45. The van der Waals surface area contributed by atoms with Crippen molar-refractivity contribution in [1.82, 2.24) is 10.3 Å². The lowest BCUT2D eigenvalue weighted by Crippen LogP contribution is -2.23. The number of nitrogens with one attached hydrogen (secondary N) is 2. The van der Waals surface area contributed by atoms with Crippen LogP contribution >= 0.6 is 24.8 Å². The number of halogens is 2. The maximum Gasteiger partial charge on any atom is 0.224 e. The lowest BCUT2D eigenvalue weighted by atomic mass is 10.1. The van der Waals surface area contributed by atoms with E-state index in [-0.39, 0.29) is 35.7 Å². The fourth-order valence-corrected chi connectivity index (χ4v) is 2.76. The number of carbonyl (C=O) groups excluding carboxylic acids is 1. The van der Waals surface area contributed by atoms with Crippen molar-refractivity contribution in [2.24, 2.45) is 0 Å². The zero-order chi connectivity index (χ0) is 14.6. The summed E-state index contributed by atoms with van der Waals surface area (Å²) in [5, 5.41) is 6.07. The summed E-state index contributed by atoms with van der Waals surface area (Å²) in [5.41, 5.74) is 0.516. The summed E-state index contributed by atoms with van der Waals surface area (Å²) in [7, 11) is -3.30. The number of hydrogen-bond donors (Lipinski definition) is 2. The predicted octanol–water partition coefficient (Wildman–Crippen LogP) is 1.80. The molecule has 6 nitrogen and oxygen atoms in total. The van der Waals surface area contributed by atoms with E-state index >= 15 is 0 Å². The first-order valence-corrected chi connectivity index (χ1v) is 8.53. The monoisotopic (exact) mass is 369 g/mol. The summed E-state index contributed by atoms with van der Waals surface area (Å²) >= 11 is 0. The van der Waals surface area contributed by atoms with Gasteiger partial charge in [0.1, 0.15) is 0 Å². The van der Waals surface area contributed by atoms with Gasteiger partial charge in [-0.3, -0.25) is 4.79 Å². The van der Waals surface area contributed by atoms with Crippen molar-refractivity contribution in [1.29, 1.82) is 0 Å². The number of aromatic nitrogens is 1. The van der Waals surface area contributed by atoms with E-state index < -0.39 is 9.84 Å². The third kappa shape index (κ3) is 6.48. The topological polar surface area (TPSA) is 88.2 Å². The molecule has 1 amide bonds. The number of hydrogen-bond acceptors (Lipinski definition) is 5. The van der Waals surface area contributed by atoms with Gasteiger partial charge < -0.3 is 10.6 Å². The second-order valence-corrected chi connectivity index (χ2v) is 7.00. The minimum absolute atomic E-state index is 0. The summed E-state index contributed by atoms with van der Waals surface area (Å²) < 4.78 is 22.5. The molecule has 1 aromatic rings. The van der Waals surface area contributed by atoms with Crippen LogP contribution in [0.15, 0.2) is 23.4 Å². The van der Waals surface area contributed by atoms with Gasteiger partial charge in [0.05, 0.1) is 11.9 Å². The van der Waals surface area contributed by atoms with Gasteiger partial charge in [0.2, 0.25) is 5.91 Å². The van der Waals surface area contributed by atoms with E-state index in [0.29, 0.717) is 18.2 Å². The molecular formula is C13H21Cl2N3O3S. The first kappa shape index (κ1) is 21.1. The average molecular weight is 370 g/mol. The van der Waals surface area contributed by atoms with Gasteiger partial charge >= 0.3 is 0 Å². The van der Waals surface area contributed by atoms with E-state index in [2.05, 4.69) is 15.6 Å². The molecular weight excluding hydrogens is 349 g/mol. The Labute approximate surface area is 143 Å². The van der Waals surface area contributed by atoms with Gasteiger partial charge in [0, 0.05) is 18.7 Å². The molecule has 1 fully saturated rings. The fraction of sp³-hybridized carbons (Fsp3) is 0.538. The Bertz CT molecular complexity index is 573. The molecule has 0 spiro atoms. The number of carbonyl (C=O) groups is 1. The number of nitrogens with zero attached hydrogens (tertiary/aromatic N) is 1. The van der Waals surface area contributed by atoms with Crippen LogP contribution in [-0.2, 0) is 14.6 Å². The van der Waals surface area contributed by atoms with Gasteiger partial charge in [-0.25, -0.2) is 13.4 Å². The molecule has 0 saturated carbocycles. The highest BCUT2D eigenvalue weighted by atomic mass is 35.5. The van der Waals surface area contributed by atoms with Gasteiger partial charge in [0.25, 0.3) is 0 Å². The second kappa shape index (κ2) is 9.29. The highest BCUT2D eigenvalue weighted by Crippen LogP contribution is 2.13. The molecule has 1 aromatic heterocycles. The van der Waals surface area contributed by atoms with Crippen LogP contribution in [-0.4, -0.2) is 38.2 Å². The molecule has 2 rings (SSSR count). The van der Waals surface area contributed by atoms with E-state index in [9.17, 15) is 13.2 Å². The molecule has 126 valence electrons. The van der Waals surface area contributed by atoms with Crippen LogP contribution in [0.3, 0.4) is 0 Å². The van der Waals surface area contributed by atoms with Crippen molar-refractivity contribution >= 4 is 46.2 Å². The first-order valence-electron chi connectivity index (χ1n) is 6.64. The fourth-order valence-electron chi connectivity index (χ4n) is 2.21. The van der Waals surface area contributed by atoms with Crippen LogP contribution in [0, 0.1) is 0 Å². The number of pyridine rings is 1. The maximum atomic E-state index is 11.8. The van der Waals surface area contributed by atoms with Crippen molar-refractivity contribution in [3.63, 3.8) is 0 Å². The van der Waals surface area contributed by atoms with E-state index in [1.165, 1.54) is 18.7 Å². The van der Waals surface area contributed by atoms with Gasteiger partial charge in [0.15, 0.2) is 14.9 Å². The molecule has 0 bridgehead atoms. The average Bonchev–Trinajstić information content (AvgIpc) is 2.89. The lowest BCUT2D eigenvalue weighted by molar-refractivity contribution is -0.116. The second-order valence-electron chi connectivity index (χ2n) is 5.04. The molecule has 2 heterocycles. The molecule has 1 unspecified atom stereocenters. The molecule has 9 heteroatoms. The molecule has 1 aliphatic rings. The number of rotatable bonds is 5. The molecule has 2 N–H and O–H groups in total. The van der Waals surface area contributed by atoms with Crippen molar-refractivity contribution in [2.75, 3.05) is 18.1 Å². The lowest BCUT2D eigenvalue weighted by Gasteiger charge is -2.10. The van der Waals surface area contributed by atoms with Crippen LogP contribution in [0.2, 0.25) is 0 Å². The summed E-state index contributed by atoms with van der Waals surface area (Å²) in [6.45, 7) is 1.03. The summed E-state index contributed by atoms with van der Waals surface area (Å²) in [5.74, 6) is -0.0763. The van der Waals surface area contributed by atoms with Crippen LogP contribution in [0.5, 0.6) is 0 Å².